The van der Waals surface area contributed by atoms with Crippen molar-refractivity contribution in [3.63, 3.8) is 0 Å². The molecule has 1 aliphatic rings. The highest BCUT2D eigenvalue weighted by Crippen LogP contribution is 2.24. The first kappa shape index (κ1) is 14.3. The molecule has 0 aromatic heterocycles. The van der Waals surface area contributed by atoms with E-state index in [0.29, 0.717) is 6.04 Å². The molecule has 0 aromatic carbocycles. The van der Waals surface area contributed by atoms with Crippen LogP contribution in [-0.2, 0) is 0 Å². The Morgan fingerprint density at radius 1 is 1.31 bits per heavy atom. The highest BCUT2D eigenvalue weighted by atomic mass is 32.2. The zero-order valence-electron chi connectivity index (χ0n) is 10.8. The predicted molar refractivity (Wildman–Crippen MR) is 73.1 cm³/mol. The average Bonchev–Trinajstić information content (AvgIpc) is 3.07. The van der Waals surface area contributed by atoms with Crippen molar-refractivity contribution in [1.29, 1.82) is 0 Å². The molecule has 16 heavy (non-hydrogen) atoms. The number of hydrogen-bond donors (Lipinski definition) is 2. The number of hydrogen-bond acceptors (Lipinski definition) is 3. The summed E-state index contributed by atoms with van der Waals surface area (Å²) in [6, 6.07) is 0.683. The Bertz CT molecular complexity index is 185. The van der Waals surface area contributed by atoms with Gasteiger partial charge >= 0.3 is 0 Å². The van der Waals surface area contributed by atoms with E-state index >= 15 is 0 Å². The van der Waals surface area contributed by atoms with E-state index in [-0.39, 0.29) is 12.1 Å². The summed E-state index contributed by atoms with van der Waals surface area (Å²) in [5, 5.41) is 13.0. The molecule has 0 saturated heterocycles. The van der Waals surface area contributed by atoms with Crippen molar-refractivity contribution in [3.05, 3.63) is 0 Å². The summed E-state index contributed by atoms with van der Waals surface area (Å²) in [6.07, 6.45) is 7.66. The molecule has 2 N–H and O–H groups in total. The van der Waals surface area contributed by atoms with Gasteiger partial charge in [-0.3, -0.25) is 0 Å². The van der Waals surface area contributed by atoms with Gasteiger partial charge in [0.05, 0.1) is 6.61 Å². The molecule has 0 aliphatic heterocycles. The van der Waals surface area contributed by atoms with E-state index in [4.69, 9.17) is 0 Å². The monoisotopic (exact) mass is 245 g/mol. The summed E-state index contributed by atoms with van der Waals surface area (Å²) < 4.78 is 0. The number of aliphatic hydroxyl groups is 1. The maximum absolute atomic E-state index is 9.43. The summed E-state index contributed by atoms with van der Waals surface area (Å²) in [5.41, 5.74) is -0.0427. The largest absolute Gasteiger partial charge is 0.394 e. The average molecular weight is 245 g/mol. The van der Waals surface area contributed by atoms with Crippen LogP contribution < -0.4 is 5.32 Å². The third-order valence-electron chi connectivity index (χ3n) is 3.17. The molecule has 0 bridgehead atoms. The molecule has 1 atom stereocenters. The molecular formula is C13H27NOS. The Morgan fingerprint density at radius 2 is 2.06 bits per heavy atom. The van der Waals surface area contributed by atoms with Crippen molar-refractivity contribution in [2.75, 3.05) is 18.1 Å². The molecule has 0 heterocycles. The number of thioether (sulfide) groups is 1. The molecule has 0 aromatic rings. The van der Waals surface area contributed by atoms with E-state index in [2.05, 4.69) is 19.2 Å². The van der Waals surface area contributed by atoms with Crippen LogP contribution in [0.5, 0.6) is 0 Å². The molecule has 1 rings (SSSR count). The number of unbranched alkanes of at least 4 members (excludes halogenated alkanes) is 2. The first-order chi connectivity index (χ1) is 7.70. The molecule has 1 aliphatic carbocycles. The Morgan fingerprint density at radius 3 is 2.62 bits per heavy atom. The highest BCUT2D eigenvalue weighted by Gasteiger charge is 2.31. The molecule has 2 nitrogen and oxygen atoms in total. The predicted octanol–water partition coefficient (Wildman–Crippen LogP) is 2.80. The van der Waals surface area contributed by atoms with Gasteiger partial charge in [0.25, 0.3) is 0 Å². The Kier molecular flexibility index (Phi) is 6.78. The van der Waals surface area contributed by atoms with Gasteiger partial charge in [0.1, 0.15) is 0 Å². The van der Waals surface area contributed by atoms with Gasteiger partial charge in [-0.2, -0.15) is 11.8 Å². The zero-order valence-corrected chi connectivity index (χ0v) is 11.6. The standard InChI is InChI=1S/C13H27NOS/c1-3-4-5-9-16-10-8-13(2,11-15)14-12-6-7-12/h12,14-15H,3-11H2,1-2H3. The van der Waals surface area contributed by atoms with Crippen LogP contribution in [0.25, 0.3) is 0 Å². The molecule has 96 valence electrons. The van der Waals surface area contributed by atoms with E-state index < -0.39 is 0 Å². The Balaban J connectivity index is 2.03. The summed E-state index contributed by atoms with van der Waals surface area (Å²) in [7, 11) is 0. The van der Waals surface area contributed by atoms with E-state index in [9.17, 15) is 5.11 Å². The molecule has 1 unspecified atom stereocenters. The lowest BCUT2D eigenvalue weighted by molar-refractivity contribution is 0.169. The molecule has 3 heteroatoms. The van der Waals surface area contributed by atoms with Gasteiger partial charge in [-0.1, -0.05) is 19.8 Å². The minimum Gasteiger partial charge on any atom is -0.394 e. The van der Waals surface area contributed by atoms with E-state index in [1.165, 1.54) is 43.6 Å². The Labute approximate surface area is 105 Å². The first-order valence-electron chi connectivity index (χ1n) is 6.66. The fourth-order valence-corrected chi connectivity index (χ4v) is 2.98. The second-order valence-electron chi connectivity index (χ2n) is 5.21. The zero-order chi connectivity index (χ0) is 11.9. The minimum absolute atomic E-state index is 0.0427. The van der Waals surface area contributed by atoms with Crippen molar-refractivity contribution in [2.24, 2.45) is 0 Å². The number of rotatable bonds is 10. The smallest absolute Gasteiger partial charge is 0.0610 e. The molecule has 1 saturated carbocycles. The van der Waals surface area contributed by atoms with Crippen LogP contribution in [0.2, 0.25) is 0 Å². The third kappa shape index (κ3) is 6.12. The normalized spacial score (nSPS) is 19.7. The van der Waals surface area contributed by atoms with Crippen LogP contribution in [0, 0.1) is 0 Å². The van der Waals surface area contributed by atoms with E-state index in [1.54, 1.807) is 0 Å². The van der Waals surface area contributed by atoms with Crippen LogP contribution in [0.3, 0.4) is 0 Å². The molecular weight excluding hydrogens is 218 g/mol. The van der Waals surface area contributed by atoms with Gasteiger partial charge in [0.15, 0.2) is 0 Å². The molecule has 0 radical (unpaired) electrons. The van der Waals surface area contributed by atoms with Crippen molar-refractivity contribution in [3.8, 4) is 0 Å². The quantitative estimate of drug-likeness (QED) is 0.581. The van der Waals surface area contributed by atoms with Gasteiger partial charge < -0.3 is 10.4 Å². The van der Waals surface area contributed by atoms with Crippen LogP contribution in [0.15, 0.2) is 0 Å². The van der Waals surface area contributed by atoms with Crippen molar-refractivity contribution in [2.45, 2.75) is 64.0 Å². The molecule has 0 amide bonds. The summed E-state index contributed by atoms with van der Waals surface area (Å²) >= 11 is 2.03. The van der Waals surface area contributed by atoms with Gasteiger partial charge in [-0.05, 0) is 44.1 Å². The lowest BCUT2D eigenvalue weighted by atomic mass is 10.0. The van der Waals surface area contributed by atoms with Crippen LogP contribution in [0.1, 0.15) is 52.4 Å². The van der Waals surface area contributed by atoms with Crippen molar-refractivity contribution < 1.29 is 5.11 Å². The van der Waals surface area contributed by atoms with Crippen LogP contribution in [0.4, 0.5) is 0 Å². The van der Waals surface area contributed by atoms with Crippen LogP contribution >= 0.6 is 11.8 Å². The van der Waals surface area contributed by atoms with Crippen molar-refractivity contribution >= 4 is 11.8 Å². The Hall–Kier alpha value is 0.270. The SMILES string of the molecule is CCCCCSCCC(C)(CO)NC1CC1. The van der Waals surface area contributed by atoms with Gasteiger partial charge in [0.2, 0.25) is 0 Å². The second kappa shape index (κ2) is 7.57. The maximum atomic E-state index is 9.43. The van der Waals surface area contributed by atoms with E-state index in [1.807, 2.05) is 11.8 Å². The van der Waals surface area contributed by atoms with Crippen molar-refractivity contribution in [1.82, 2.24) is 5.32 Å². The number of aliphatic hydroxyl groups excluding tert-OH is 1. The first-order valence-corrected chi connectivity index (χ1v) is 7.82. The fourth-order valence-electron chi connectivity index (χ4n) is 1.77. The lowest BCUT2D eigenvalue weighted by Gasteiger charge is -2.28. The lowest BCUT2D eigenvalue weighted by Crippen LogP contribution is -2.47. The van der Waals surface area contributed by atoms with Crippen LogP contribution in [-0.4, -0.2) is 34.8 Å². The number of nitrogens with one attached hydrogen (secondary N) is 1. The topological polar surface area (TPSA) is 32.3 Å². The molecule has 1 fully saturated rings. The summed E-state index contributed by atoms with van der Waals surface area (Å²) in [5.74, 6) is 2.44. The fraction of sp³-hybridized carbons (Fsp3) is 1.00. The van der Waals surface area contributed by atoms with Gasteiger partial charge in [-0.25, -0.2) is 0 Å². The summed E-state index contributed by atoms with van der Waals surface area (Å²) in [4.78, 5) is 0. The highest BCUT2D eigenvalue weighted by molar-refractivity contribution is 7.99. The second-order valence-corrected chi connectivity index (χ2v) is 6.43. The van der Waals surface area contributed by atoms with Gasteiger partial charge in [-0.15, -0.1) is 0 Å². The van der Waals surface area contributed by atoms with Gasteiger partial charge in [0, 0.05) is 11.6 Å². The van der Waals surface area contributed by atoms with E-state index in [0.717, 1.165) is 6.42 Å². The third-order valence-corrected chi connectivity index (χ3v) is 4.24. The summed E-state index contributed by atoms with van der Waals surface area (Å²) in [6.45, 7) is 4.66. The minimum atomic E-state index is -0.0427. The maximum Gasteiger partial charge on any atom is 0.0610 e. The molecule has 0 spiro atoms.